The first-order valence-electron chi connectivity index (χ1n) is 2.83. The van der Waals surface area contributed by atoms with Gasteiger partial charge in [-0.15, -0.1) is 0 Å². The molecule has 0 unspecified atom stereocenters. The number of hydrogen-bond acceptors (Lipinski definition) is 0. The second kappa shape index (κ2) is 3.02. The molecule has 1 heteroatoms. The molecule has 1 aromatic rings. The molecule has 0 fully saturated rings. The average molecular weight is 184 g/mol. The van der Waals surface area contributed by atoms with Gasteiger partial charge in [0.15, 0.2) is 0 Å². The van der Waals surface area contributed by atoms with Crippen LogP contribution >= 0.6 is 15.9 Å². The van der Waals surface area contributed by atoms with Crippen LogP contribution in [0.4, 0.5) is 0 Å². The molecule has 0 heterocycles. The Morgan fingerprint density at radius 3 is 2.44 bits per heavy atom. The Balaban J connectivity index is 3.01. The molecule has 47 valence electrons. The second-order valence-electron chi connectivity index (χ2n) is 1.97. The van der Waals surface area contributed by atoms with Crippen molar-refractivity contribution in [1.82, 2.24) is 0 Å². The Morgan fingerprint density at radius 2 is 2.00 bits per heavy atom. The van der Waals surface area contributed by atoms with E-state index in [4.69, 9.17) is 0 Å². The van der Waals surface area contributed by atoms with Crippen LogP contribution in [0.2, 0.25) is 0 Å². The predicted octanol–water partition coefficient (Wildman–Crippen LogP) is 2.90. The largest absolute Gasteiger partial charge is 0.0823 e. The molecule has 1 radical (unpaired) electrons. The quantitative estimate of drug-likeness (QED) is 0.629. The van der Waals surface area contributed by atoms with E-state index in [1.807, 2.05) is 17.5 Å². The fourth-order valence-corrected chi connectivity index (χ4v) is 1.22. The maximum atomic E-state index is 3.28. The third-order valence-electron chi connectivity index (χ3n) is 1.31. The summed E-state index contributed by atoms with van der Waals surface area (Å²) in [5.74, 6) is 0. The minimum atomic E-state index is 1.25. The summed E-state index contributed by atoms with van der Waals surface area (Å²) in [6.07, 6.45) is 0. The lowest BCUT2D eigenvalue weighted by Gasteiger charge is -1.97. The van der Waals surface area contributed by atoms with Gasteiger partial charge in [0, 0.05) is 0 Å². The summed E-state index contributed by atoms with van der Waals surface area (Å²) in [6, 6.07) is 8.23. The van der Waals surface area contributed by atoms with Crippen LogP contribution in [0.25, 0.3) is 0 Å². The number of rotatable bonds is 1. The zero-order valence-corrected chi connectivity index (χ0v) is 6.85. The van der Waals surface area contributed by atoms with Crippen molar-refractivity contribution in [2.24, 2.45) is 0 Å². The van der Waals surface area contributed by atoms with Crippen LogP contribution in [0.1, 0.15) is 11.1 Å². The van der Waals surface area contributed by atoms with Gasteiger partial charge in [-0.05, 0) is 18.1 Å². The van der Waals surface area contributed by atoms with Crippen molar-refractivity contribution in [3.63, 3.8) is 0 Å². The number of hydrogen-bond donors (Lipinski definition) is 0. The fraction of sp³-hybridized carbons (Fsp3) is 0.125. The summed E-state index contributed by atoms with van der Waals surface area (Å²) in [4.78, 5) is 0. The minimum absolute atomic E-state index is 1.25. The first-order valence-corrected chi connectivity index (χ1v) is 3.75. The molecule has 0 amide bonds. The number of aryl methyl sites for hydroxylation is 1. The van der Waals surface area contributed by atoms with Gasteiger partial charge < -0.3 is 0 Å². The van der Waals surface area contributed by atoms with Crippen LogP contribution in [-0.4, -0.2) is 0 Å². The Bertz CT molecular complexity index is 194. The van der Waals surface area contributed by atoms with Crippen LogP contribution < -0.4 is 0 Å². The Kier molecular flexibility index (Phi) is 2.29. The monoisotopic (exact) mass is 183 g/mol. The maximum absolute atomic E-state index is 3.28. The fourth-order valence-electron chi connectivity index (χ4n) is 0.709. The van der Waals surface area contributed by atoms with Crippen LogP contribution in [-0.2, 0) is 0 Å². The van der Waals surface area contributed by atoms with E-state index in [2.05, 4.69) is 35.0 Å². The third kappa shape index (κ3) is 1.55. The van der Waals surface area contributed by atoms with Gasteiger partial charge in [-0.25, -0.2) is 0 Å². The molecule has 0 saturated carbocycles. The molecule has 0 aliphatic carbocycles. The average Bonchev–Trinajstić information content (AvgIpc) is 1.89. The molecular weight excluding hydrogens is 176 g/mol. The molecule has 0 N–H and O–H groups in total. The van der Waals surface area contributed by atoms with E-state index in [0.29, 0.717) is 0 Å². The van der Waals surface area contributed by atoms with Crippen LogP contribution in [0.3, 0.4) is 0 Å². The highest BCUT2D eigenvalue weighted by molar-refractivity contribution is 9.10. The lowest BCUT2D eigenvalue weighted by molar-refractivity contribution is 1.41. The minimum Gasteiger partial charge on any atom is -0.0823 e. The van der Waals surface area contributed by atoms with Crippen LogP contribution in [0, 0.1) is 12.3 Å². The molecule has 0 spiro atoms. The van der Waals surface area contributed by atoms with Gasteiger partial charge in [0.05, 0.1) is 5.33 Å². The Labute approximate surface area is 64.0 Å². The predicted molar refractivity (Wildman–Crippen MR) is 43.5 cm³/mol. The highest BCUT2D eigenvalue weighted by Crippen LogP contribution is 2.11. The topological polar surface area (TPSA) is 0 Å². The first-order chi connectivity index (χ1) is 4.34. The van der Waals surface area contributed by atoms with Crippen molar-refractivity contribution in [2.45, 2.75) is 6.92 Å². The van der Waals surface area contributed by atoms with E-state index in [1.165, 1.54) is 11.1 Å². The molecule has 0 aliphatic heterocycles. The summed E-state index contributed by atoms with van der Waals surface area (Å²) in [5.41, 5.74) is 2.55. The second-order valence-corrected chi connectivity index (χ2v) is 2.42. The molecule has 1 aromatic carbocycles. The van der Waals surface area contributed by atoms with Gasteiger partial charge in [0.25, 0.3) is 0 Å². The summed E-state index contributed by atoms with van der Waals surface area (Å²) in [7, 11) is 0. The lowest BCUT2D eigenvalue weighted by atomic mass is 10.1. The van der Waals surface area contributed by atoms with Crippen molar-refractivity contribution in [2.75, 3.05) is 0 Å². The van der Waals surface area contributed by atoms with Crippen molar-refractivity contribution < 1.29 is 0 Å². The van der Waals surface area contributed by atoms with Crippen molar-refractivity contribution in [1.29, 1.82) is 0 Å². The number of benzene rings is 1. The Hall–Kier alpha value is -0.300. The summed E-state index contributed by atoms with van der Waals surface area (Å²) in [5, 5.41) is 1.93. The highest BCUT2D eigenvalue weighted by atomic mass is 79.9. The molecule has 1 rings (SSSR count). The molecule has 0 nitrogen and oxygen atoms in total. The standard InChI is InChI=1S/C8H8Br/c1-7-4-2-3-5-8(7)6-9/h2-6H,1H3. The van der Waals surface area contributed by atoms with Gasteiger partial charge >= 0.3 is 0 Å². The smallest absolute Gasteiger partial charge is 0.0563 e. The van der Waals surface area contributed by atoms with Crippen molar-refractivity contribution in [3.8, 4) is 0 Å². The van der Waals surface area contributed by atoms with E-state index >= 15 is 0 Å². The zero-order chi connectivity index (χ0) is 6.69. The normalized spacial score (nSPS) is 9.56. The van der Waals surface area contributed by atoms with Gasteiger partial charge in [-0.1, -0.05) is 40.2 Å². The van der Waals surface area contributed by atoms with E-state index in [-0.39, 0.29) is 0 Å². The lowest BCUT2D eigenvalue weighted by Crippen LogP contribution is -1.78. The van der Waals surface area contributed by atoms with E-state index in [9.17, 15) is 0 Å². The van der Waals surface area contributed by atoms with Crippen LogP contribution in [0.5, 0.6) is 0 Å². The molecular formula is C8H8Br. The number of halogens is 1. The molecule has 0 saturated heterocycles. The van der Waals surface area contributed by atoms with Crippen molar-refractivity contribution >= 4 is 15.9 Å². The van der Waals surface area contributed by atoms with E-state index < -0.39 is 0 Å². The van der Waals surface area contributed by atoms with Crippen LogP contribution in [0.15, 0.2) is 24.3 Å². The molecule has 0 aliphatic rings. The molecule has 0 bridgehead atoms. The van der Waals surface area contributed by atoms with Gasteiger partial charge in [-0.3, -0.25) is 0 Å². The van der Waals surface area contributed by atoms with Gasteiger partial charge in [0.1, 0.15) is 0 Å². The Morgan fingerprint density at radius 1 is 1.33 bits per heavy atom. The zero-order valence-electron chi connectivity index (χ0n) is 5.26. The van der Waals surface area contributed by atoms with Crippen molar-refractivity contribution in [3.05, 3.63) is 40.7 Å². The molecule has 0 atom stereocenters. The van der Waals surface area contributed by atoms with Gasteiger partial charge in [-0.2, -0.15) is 0 Å². The first kappa shape index (κ1) is 6.81. The SMILES string of the molecule is Cc1ccccc1[CH]Br. The highest BCUT2D eigenvalue weighted by Gasteiger charge is 1.91. The summed E-state index contributed by atoms with van der Waals surface area (Å²) < 4.78 is 0. The van der Waals surface area contributed by atoms with E-state index in [1.54, 1.807) is 0 Å². The summed E-state index contributed by atoms with van der Waals surface area (Å²) in [6.45, 7) is 2.09. The molecule has 9 heavy (non-hydrogen) atoms. The third-order valence-corrected chi connectivity index (χ3v) is 1.80. The van der Waals surface area contributed by atoms with E-state index in [0.717, 1.165) is 0 Å². The summed E-state index contributed by atoms with van der Waals surface area (Å²) >= 11 is 3.28. The molecule has 0 aromatic heterocycles. The van der Waals surface area contributed by atoms with Gasteiger partial charge in [0.2, 0.25) is 0 Å². The maximum Gasteiger partial charge on any atom is 0.0563 e.